The van der Waals surface area contributed by atoms with Gasteiger partial charge in [-0.05, 0) is 17.7 Å². The van der Waals surface area contributed by atoms with Crippen LogP contribution in [0.1, 0.15) is 5.56 Å². The zero-order valence-corrected chi connectivity index (χ0v) is 7.73. The fraction of sp³-hybridized carbons (Fsp3) is 0.250. The molecule has 1 rings (SSSR count). The Morgan fingerprint density at radius 1 is 1.42 bits per heavy atom. The van der Waals surface area contributed by atoms with Crippen LogP contribution in [0.15, 0.2) is 29.2 Å². The highest BCUT2D eigenvalue weighted by molar-refractivity contribution is 7.91. The highest BCUT2D eigenvalue weighted by atomic mass is 32.2. The van der Waals surface area contributed by atoms with E-state index in [-0.39, 0.29) is 0 Å². The van der Waals surface area contributed by atoms with Gasteiger partial charge in [-0.3, -0.25) is 0 Å². The van der Waals surface area contributed by atoms with E-state index in [4.69, 9.17) is 10.5 Å². The number of nitrogens with one attached hydrogen (secondary N) is 1. The van der Waals surface area contributed by atoms with E-state index in [0.717, 1.165) is 5.56 Å². The molecule has 1 aromatic carbocycles. The highest BCUT2D eigenvalue weighted by Gasteiger charge is 2.01. The molecule has 4 heteroatoms. The summed E-state index contributed by atoms with van der Waals surface area (Å²) >= 11 is 0. The lowest BCUT2D eigenvalue weighted by Crippen LogP contribution is -1.98. The van der Waals surface area contributed by atoms with E-state index in [0.29, 0.717) is 11.4 Å². The van der Waals surface area contributed by atoms with Gasteiger partial charge in [-0.2, -0.15) is 0 Å². The van der Waals surface area contributed by atoms with E-state index in [1.807, 2.05) is 0 Å². The Labute approximate surface area is 72.6 Å². The molecule has 0 fully saturated rings. The summed E-state index contributed by atoms with van der Waals surface area (Å²) in [5.41, 5.74) is 6.38. The highest BCUT2D eigenvalue weighted by Crippen LogP contribution is 2.10. The molecular weight excluding hydrogens is 172 g/mol. The minimum absolute atomic E-state index is 0.475. The van der Waals surface area contributed by atoms with Crippen molar-refractivity contribution < 1.29 is 4.21 Å². The summed E-state index contributed by atoms with van der Waals surface area (Å²) in [6.45, 7) is 0.475. The van der Waals surface area contributed by atoms with Gasteiger partial charge in [-0.1, -0.05) is 12.1 Å². The average molecular weight is 184 g/mol. The van der Waals surface area contributed by atoms with E-state index in [9.17, 15) is 4.21 Å². The summed E-state index contributed by atoms with van der Waals surface area (Å²) in [5, 5.41) is 0. The standard InChI is InChI=1S/C8H12N2OS/c1-12(10,11)8-4-2-7(6-9)3-5-8/h2-5,10H,6,9H2,1H3. The van der Waals surface area contributed by atoms with Crippen molar-refractivity contribution in [1.29, 1.82) is 4.78 Å². The molecule has 0 aliphatic carbocycles. The maximum absolute atomic E-state index is 11.2. The van der Waals surface area contributed by atoms with Gasteiger partial charge in [-0.15, -0.1) is 0 Å². The van der Waals surface area contributed by atoms with E-state index in [1.54, 1.807) is 24.3 Å². The Bertz CT molecular complexity index is 353. The molecule has 1 aromatic rings. The maximum Gasteiger partial charge on any atom is 0.0696 e. The molecule has 0 amide bonds. The van der Waals surface area contributed by atoms with Crippen molar-refractivity contribution in [2.45, 2.75) is 11.4 Å². The predicted molar refractivity (Wildman–Crippen MR) is 49.4 cm³/mol. The van der Waals surface area contributed by atoms with Crippen LogP contribution in [0.2, 0.25) is 0 Å². The number of rotatable bonds is 2. The minimum atomic E-state index is -2.57. The smallest absolute Gasteiger partial charge is 0.0696 e. The van der Waals surface area contributed by atoms with Crippen LogP contribution >= 0.6 is 0 Å². The van der Waals surface area contributed by atoms with Crippen molar-refractivity contribution >= 4 is 9.73 Å². The van der Waals surface area contributed by atoms with Crippen molar-refractivity contribution in [1.82, 2.24) is 0 Å². The van der Waals surface area contributed by atoms with Crippen molar-refractivity contribution in [3.63, 3.8) is 0 Å². The topological polar surface area (TPSA) is 66.9 Å². The summed E-state index contributed by atoms with van der Waals surface area (Å²) < 4.78 is 18.5. The van der Waals surface area contributed by atoms with Crippen LogP contribution in [0.25, 0.3) is 0 Å². The first-order valence-electron chi connectivity index (χ1n) is 3.57. The quantitative estimate of drug-likeness (QED) is 0.724. The Kier molecular flexibility index (Phi) is 2.49. The molecule has 0 saturated heterocycles. The van der Waals surface area contributed by atoms with Crippen LogP contribution in [0.4, 0.5) is 0 Å². The molecule has 12 heavy (non-hydrogen) atoms. The van der Waals surface area contributed by atoms with Gasteiger partial charge < -0.3 is 5.73 Å². The van der Waals surface area contributed by atoms with Crippen LogP contribution < -0.4 is 5.73 Å². The third-order valence-electron chi connectivity index (χ3n) is 1.61. The van der Waals surface area contributed by atoms with Crippen LogP contribution in [0.5, 0.6) is 0 Å². The first kappa shape index (κ1) is 9.22. The third-order valence-corrected chi connectivity index (χ3v) is 2.78. The van der Waals surface area contributed by atoms with Crippen molar-refractivity contribution in [2.24, 2.45) is 5.73 Å². The molecule has 3 N–H and O–H groups in total. The van der Waals surface area contributed by atoms with Crippen LogP contribution in [-0.4, -0.2) is 10.5 Å². The Balaban J connectivity index is 3.09. The van der Waals surface area contributed by atoms with Crippen LogP contribution in [-0.2, 0) is 16.3 Å². The Morgan fingerprint density at radius 3 is 2.25 bits per heavy atom. The number of nitrogens with two attached hydrogens (primary N) is 1. The van der Waals surface area contributed by atoms with Crippen molar-refractivity contribution in [3.05, 3.63) is 29.8 Å². The van der Waals surface area contributed by atoms with Gasteiger partial charge in [0.05, 0.1) is 9.73 Å². The molecule has 66 valence electrons. The molecule has 0 bridgehead atoms. The number of benzene rings is 1. The molecule has 0 aliphatic rings. The third kappa shape index (κ3) is 2.06. The van der Waals surface area contributed by atoms with Gasteiger partial charge in [0.25, 0.3) is 0 Å². The summed E-state index contributed by atoms with van der Waals surface area (Å²) in [5.74, 6) is 0. The first-order chi connectivity index (χ1) is 5.54. The second-order valence-electron chi connectivity index (χ2n) is 2.69. The summed E-state index contributed by atoms with van der Waals surface area (Å²) in [6.07, 6.45) is 1.41. The number of hydrogen-bond acceptors (Lipinski definition) is 3. The van der Waals surface area contributed by atoms with E-state index >= 15 is 0 Å². The molecule has 1 unspecified atom stereocenters. The number of hydrogen-bond donors (Lipinski definition) is 2. The van der Waals surface area contributed by atoms with Gasteiger partial charge in [0.15, 0.2) is 0 Å². The van der Waals surface area contributed by atoms with E-state index in [1.165, 1.54) is 6.26 Å². The summed E-state index contributed by atoms with van der Waals surface area (Å²) in [4.78, 5) is 0.555. The predicted octanol–water partition coefficient (Wildman–Crippen LogP) is 1.18. The molecule has 0 aliphatic heterocycles. The molecule has 0 heterocycles. The van der Waals surface area contributed by atoms with Crippen LogP contribution in [0.3, 0.4) is 0 Å². The van der Waals surface area contributed by atoms with Gasteiger partial charge in [0, 0.05) is 17.7 Å². The molecule has 1 atom stereocenters. The lowest BCUT2D eigenvalue weighted by Gasteiger charge is -2.01. The normalized spacial score (nSPS) is 15.5. The first-order valence-corrected chi connectivity index (χ1v) is 5.53. The van der Waals surface area contributed by atoms with Crippen molar-refractivity contribution in [3.8, 4) is 0 Å². The fourth-order valence-electron chi connectivity index (χ4n) is 0.885. The SMILES string of the molecule is CS(=N)(=O)c1ccc(CN)cc1. The van der Waals surface area contributed by atoms with Crippen molar-refractivity contribution in [2.75, 3.05) is 6.26 Å². The maximum atomic E-state index is 11.2. The lowest BCUT2D eigenvalue weighted by atomic mass is 10.2. The minimum Gasteiger partial charge on any atom is -0.326 e. The van der Waals surface area contributed by atoms with Gasteiger partial charge >= 0.3 is 0 Å². The molecule has 0 saturated carbocycles. The summed E-state index contributed by atoms with van der Waals surface area (Å²) in [7, 11) is -2.57. The molecular formula is C8H12N2OS. The summed E-state index contributed by atoms with van der Waals surface area (Å²) in [6, 6.07) is 6.98. The van der Waals surface area contributed by atoms with E-state index < -0.39 is 9.73 Å². The zero-order chi connectivity index (χ0) is 9.19. The van der Waals surface area contributed by atoms with Crippen LogP contribution in [0, 0.1) is 4.78 Å². The Hall–Kier alpha value is -0.870. The molecule has 0 aromatic heterocycles. The molecule has 0 radical (unpaired) electrons. The molecule has 0 spiro atoms. The Morgan fingerprint density at radius 2 is 1.92 bits per heavy atom. The average Bonchev–Trinajstić information content (AvgIpc) is 2.03. The van der Waals surface area contributed by atoms with Gasteiger partial charge in [0.1, 0.15) is 0 Å². The second kappa shape index (κ2) is 3.25. The lowest BCUT2D eigenvalue weighted by molar-refractivity contribution is 0.679. The van der Waals surface area contributed by atoms with E-state index in [2.05, 4.69) is 0 Å². The largest absolute Gasteiger partial charge is 0.326 e. The van der Waals surface area contributed by atoms with Gasteiger partial charge in [-0.25, -0.2) is 8.99 Å². The zero-order valence-electron chi connectivity index (χ0n) is 6.91. The fourth-order valence-corrected chi connectivity index (χ4v) is 1.54. The molecule has 3 nitrogen and oxygen atoms in total. The monoisotopic (exact) mass is 184 g/mol. The van der Waals surface area contributed by atoms with Gasteiger partial charge in [0.2, 0.25) is 0 Å². The second-order valence-corrected chi connectivity index (χ2v) is 4.85.